The Morgan fingerprint density at radius 1 is 1.31 bits per heavy atom. The van der Waals surface area contributed by atoms with Gasteiger partial charge in [0.25, 0.3) is 0 Å². The van der Waals surface area contributed by atoms with Gasteiger partial charge in [-0.3, -0.25) is 0 Å². The molecule has 1 N–H and O–H groups in total. The largest absolute Gasteiger partial charge is 0.380 e. The van der Waals surface area contributed by atoms with Gasteiger partial charge in [0.15, 0.2) is 0 Å². The zero-order chi connectivity index (χ0) is 10.3. The maximum absolute atomic E-state index is 5.32. The summed E-state index contributed by atoms with van der Waals surface area (Å²) >= 11 is 0. The molecule has 0 fully saturated rings. The van der Waals surface area contributed by atoms with Crippen LogP contribution in [0.5, 0.6) is 0 Å². The fraction of sp³-hybridized carbons (Fsp3) is 1.00. The maximum atomic E-state index is 5.32. The summed E-state index contributed by atoms with van der Waals surface area (Å²) < 4.78 is 5.32. The van der Waals surface area contributed by atoms with Crippen molar-refractivity contribution >= 4 is 0 Å². The molecule has 0 aromatic carbocycles. The third kappa shape index (κ3) is 9.84. The van der Waals surface area contributed by atoms with Gasteiger partial charge >= 0.3 is 0 Å². The van der Waals surface area contributed by atoms with Gasteiger partial charge < -0.3 is 10.1 Å². The molecule has 2 heteroatoms. The molecule has 2 nitrogen and oxygen atoms in total. The van der Waals surface area contributed by atoms with Crippen LogP contribution < -0.4 is 5.32 Å². The standard InChI is InChI=1S/C11H25NO/c1-6-13-9-10(2)12-8-7-11(3,4)5/h10,12H,6-9H2,1-5H3. The minimum Gasteiger partial charge on any atom is -0.380 e. The van der Waals surface area contributed by atoms with Crippen LogP contribution in [0.2, 0.25) is 0 Å². The van der Waals surface area contributed by atoms with Gasteiger partial charge in [0.05, 0.1) is 6.61 Å². The summed E-state index contributed by atoms with van der Waals surface area (Å²) in [7, 11) is 0. The highest BCUT2D eigenvalue weighted by Gasteiger charge is 2.09. The van der Waals surface area contributed by atoms with Gasteiger partial charge in [-0.15, -0.1) is 0 Å². The van der Waals surface area contributed by atoms with E-state index < -0.39 is 0 Å². The molecule has 0 bridgehead atoms. The first kappa shape index (κ1) is 12.9. The highest BCUT2D eigenvalue weighted by molar-refractivity contribution is 4.66. The van der Waals surface area contributed by atoms with Gasteiger partial charge in [-0.1, -0.05) is 20.8 Å². The molecular formula is C11H25NO. The lowest BCUT2D eigenvalue weighted by molar-refractivity contribution is 0.126. The molecule has 0 amide bonds. The summed E-state index contributed by atoms with van der Waals surface area (Å²) in [4.78, 5) is 0. The van der Waals surface area contributed by atoms with E-state index in [0.717, 1.165) is 19.8 Å². The minimum absolute atomic E-state index is 0.429. The van der Waals surface area contributed by atoms with Crippen molar-refractivity contribution in [2.75, 3.05) is 19.8 Å². The molecular weight excluding hydrogens is 162 g/mol. The normalized spacial score (nSPS) is 14.5. The SMILES string of the molecule is CCOCC(C)NCCC(C)(C)C. The molecule has 1 unspecified atom stereocenters. The first-order valence-electron chi connectivity index (χ1n) is 5.27. The molecule has 80 valence electrons. The van der Waals surface area contributed by atoms with Gasteiger partial charge in [0.1, 0.15) is 0 Å². The fourth-order valence-corrected chi connectivity index (χ4v) is 1.05. The van der Waals surface area contributed by atoms with Crippen LogP contribution in [0, 0.1) is 5.41 Å². The Labute approximate surface area is 83.1 Å². The lowest BCUT2D eigenvalue weighted by Gasteiger charge is -2.20. The second-order valence-electron chi connectivity index (χ2n) is 4.83. The van der Waals surface area contributed by atoms with Crippen LogP contribution in [-0.2, 0) is 4.74 Å². The molecule has 0 aliphatic carbocycles. The van der Waals surface area contributed by atoms with Crippen LogP contribution in [0.25, 0.3) is 0 Å². The first-order chi connectivity index (χ1) is 5.95. The first-order valence-corrected chi connectivity index (χ1v) is 5.27. The summed E-state index contributed by atoms with van der Waals surface area (Å²) in [5.41, 5.74) is 0.429. The van der Waals surface area contributed by atoms with Crippen LogP contribution in [0.4, 0.5) is 0 Å². The van der Waals surface area contributed by atoms with Crippen molar-refractivity contribution in [3.05, 3.63) is 0 Å². The van der Waals surface area contributed by atoms with Gasteiger partial charge in [-0.05, 0) is 32.2 Å². The number of hydrogen-bond donors (Lipinski definition) is 1. The van der Waals surface area contributed by atoms with Gasteiger partial charge in [0, 0.05) is 12.6 Å². The Morgan fingerprint density at radius 2 is 1.92 bits per heavy atom. The van der Waals surface area contributed by atoms with Gasteiger partial charge in [0.2, 0.25) is 0 Å². The molecule has 0 rings (SSSR count). The Kier molecular flexibility index (Phi) is 6.35. The van der Waals surface area contributed by atoms with E-state index in [0.29, 0.717) is 11.5 Å². The zero-order valence-electron chi connectivity index (χ0n) is 9.81. The minimum atomic E-state index is 0.429. The van der Waals surface area contributed by atoms with E-state index >= 15 is 0 Å². The van der Waals surface area contributed by atoms with E-state index in [-0.39, 0.29) is 0 Å². The predicted molar refractivity (Wildman–Crippen MR) is 58.0 cm³/mol. The second-order valence-corrected chi connectivity index (χ2v) is 4.83. The molecule has 0 spiro atoms. The molecule has 0 saturated heterocycles. The van der Waals surface area contributed by atoms with Crippen molar-refractivity contribution in [3.8, 4) is 0 Å². The molecule has 1 atom stereocenters. The quantitative estimate of drug-likeness (QED) is 0.689. The molecule has 13 heavy (non-hydrogen) atoms. The van der Waals surface area contributed by atoms with Crippen molar-refractivity contribution in [2.24, 2.45) is 5.41 Å². The van der Waals surface area contributed by atoms with Crippen molar-refractivity contribution in [1.29, 1.82) is 0 Å². The van der Waals surface area contributed by atoms with E-state index in [1.165, 1.54) is 6.42 Å². The predicted octanol–water partition coefficient (Wildman–Crippen LogP) is 2.44. The van der Waals surface area contributed by atoms with Gasteiger partial charge in [-0.2, -0.15) is 0 Å². The third-order valence-electron chi connectivity index (χ3n) is 1.94. The lowest BCUT2D eigenvalue weighted by atomic mass is 9.92. The molecule has 0 saturated carbocycles. The highest BCUT2D eigenvalue weighted by Crippen LogP contribution is 2.16. The van der Waals surface area contributed by atoms with E-state index in [4.69, 9.17) is 4.74 Å². The zero-order valence-corrected chi connectivity index (χ0v) is 9.81. The summed E-state index contributed by atoms with van der Waals surface area (Å²) in [5, 5.41) is 3.45. The lowest BCUT2D eigenvalue weighted by Crippen LogP contribution is -2.32. The smallest absolute Gasteiger partial charge is 0.0616 e. The summed E-state index contributed by atoms with van der Waals surface area (Å²) in [6, 6.07) is 0.474. The van der Waals surface area contributed by atoms with E-state index in [9.17, 15) is 0 Å². The molecule has 0 aromatic heterocycles. The van der Waals surface area contributed by atoms with Crippen molar-refractivity contribution in [3.63, 3.8) is 0 Å². The molecule has 0 aliphatic rings. The van der Waals surface area contributed by atoms with Crippen LogP contribution >= 0.6 is 0 Å². The summed E-state index contributed by atoms with van der Waals surface area (Å²) in [6.07, 6.45) is 1.21. The van der Waals surface area contributed by atoms with Gasteiger partial charge in [-0.25, -0.2) is 0 Å². The summed E-state index contributed by atoms with van der Waals surface area (Å²) in [6.45, 7) is 13.7. The number of ether oxygens (including phenoxy) is 1. The van der Waals surface area contributed by atoms with Crippen LogP contribution in [0.1, 0.15) is 41.0 Å². The summed E-state index contributed by atoms with van der Waals surface area (Å²) in [5.74, 6) is 0. The average Bonchev–Trinajstić information content (AvgIpc) is 1.98. The molecule has 0 radical (unpaired) electrons. The number of rotatable bonds is 6. The van der Waals surface area contributed by atoms with Crippen LogP contribution in [0.3, 0.4) is 0 Å². The maximum Gasteiger partial charge on any atom is 0.0616 e. The van der Waals surface area contributed by atoms with Crippen molar-refractivity contribution in [1.82, 2.24) is 5.32 Å². The van der Waals surface area contributed by atoms with Crippen molar-refractivity contribution < 1.29 is 4.74 Å². The van der Waals surface area contributed by atoms with E-state index in [2.05, 4.69) is 33.0 Å². The number of hydrogen-bond acceptors (Lipinski definition) is 2. The van der Waals surface area contributed by atoms with Crippen LogP contribution in [0.15, 0.2) is 0 Å². The van der Waals surface area contributed by atoms with Crippen LogP contribution in [-0.4, -0.2) is 25.8 Å². The Morgan fingerprint density at radius 3 is 2.38 bits per heavy atom. The Hall–Kier alpha value is -0.0800. The molecule has 0 aliphatic heterocycles. The van der Waals surface area contributed by atoms with E-state index in [1.807, 2.05) is 6.92 Å². The monoisotopic (exact) mass is 187 g/mol. The van der Waals surface area contributed by atoms with Crippen molar-refractivity contribution in [2.45, 2.75) is 47.1 Å². The third-order valence-corrected chi connectivity index (χ3v) is 1.94. The number of nitrogens with one attached hydrogen (secondary N) is 1. The van der Waals surface area contributed by atoms with E-state index in [1.54, 1.807) is 0 Å². The Bertz CT molecular complexity index is 118. The highest BCUT2D eigenvalue weighted by atomic mass is 16.5. The molecule has 0 aromatic rings. The second kappa shape index (κ2) is 6.39. The fourth-order valence-electron chi connectivity index (χ4n) is 1.05. The molecule has 0 heterocycles. The topological polar surface area (TPSA) is 21.3 Å². The average molecular weight is 187 g/mol. The Balaban J connectivity index is 3.31.